The van der Waals surface area contributed by atoms with Crippen LogP contribution in [0.1, 0.15) is 5.56 Å². The Kier molecular flexibility index (Phi) is 5.11. The zero-order chi connectivity index (χ0) is 7.56. The third-order valence-electron chi connectivity index (χ3n) is 1.21. The molecule has 1 atom stereocenters. The molecule has 0 aliphatic rings. The average Bonchev–Trinajstić information content (AvgIpc) is 1.88. The van der Waals surface area contributed by atoms with Gasteiger partial charge in [-0.15, -0.1) is 0 Å². The van der Waals surface area contributed by atoms with Crippen LogP contribution in [0.15, 0.2) is 29.2 Å². The van der Waals surface area contributed by atoms with Crippen LogP contribution >= 0.6 is 0 Å². The number of aryl methyl sites for hydroxylation is 1. The van der Waals surface area contributed by atoms with E-state index in [-0.39, 0.29) is 27.3 Å². The Morgan fingerprint density at radius 1 is 1.27 bits per heavy atom. The van der Waals surface area contributed by atoms with E-state index in [1.807, 2.05) is 6.92 Å². The molecular formula is C7H9O2PbS-. The van der Waals surface area contributed by atoms with Crippen molar-refractivity contribution in [2.45, 2.75) is 11.8 Å². The second-order valence-corrected chi connectivity index (χ2v) is 2.99. The van der Waals surface area contributed by atoms with Gasteiger partial charge in [-0.1, -0.05) is 17.7 Å². The molecule has 0 heterocycles. The van der Waals surface area contributed by atoms with Crippen LogP contribution in [0.25, 0.3) is 0 Å². The van der Waals surface area contributed by atoms with Crippen LogP contribution in [0.2, 0.25) is 0 Å². The van der Waals surface area contributed by atoms with Gasteiger partial charge in [-0.2, -0.15) is 0 Å². The zero-order valence-corrected chi connectivity index (χ0v) is 12.6. The van der Waals surface area contributed by atoms with Crippen LogP contribution in [-0.2, 0) is 11.1 Å². The Morgan fingerprint density at radius 3 is 2.09 bits per heavy atom. The standard InChI is InChI=1S/C7H8O2S.Pb.2H/c1-6-2-4-7(5-3-6)10(8)9;;;/h2-5H,1H3,(H,8,9);;;/p-1. The molecule has 1 aromatic carbocycles. The molecule has 4 heteroatoms. The maximum absolute atomic E-state index is 10.3. The van der Waals surface area contributed by atoms with Crippen molar-refractivity contribution in [3.63, 3.8) is 0 Å². The van der Waals surface area contributed by atoms with E-state index in [9.17, 15) is 8.76 Å². The van der Waals surface area contributed by atoms with Gasteiger partial charge in [0.1, 0.15) is 0 Å². The minimum atomic E-state index is -2.09. The molecule has 0 aliphatic heterocycles. The Labute approximate surface area is 88.5 Å². The van der Waals surface area contributed by atoms with E-state index >= 15 is 0 Å². The summed E-state index contributed by atoms with van der Waals surface area (Å²) in [5.74, 6) is 0. The van der Waals surface area contributed by atoms with Crippen LogP contribution in [-0.4, -0.2) is 36.1 Å². The van der Waals surface area contributed by atoms with Gasteiger partial charge in [0.25, 0.3) is 0 Å². The van der Waals surface area contributed by atoms with Gasteiger partial charge < -0.3 is 4.55 Å². The first-order chi connectivity index (χ1) is 4.70. The summed E-state index contributed by atoms with van der Waals surface area (Å²) in [6.45, 7) is 1.91. The number of rotatable bonds is 1. The van der Waals surface area contributed by atoms with Crippen LogP contribution in [0.3, 0.4) is 0 Å². The molecule has 0 aliphatic carbocycles. The summed E-state index contributed by atoms with van der Waals surface area (Å²) in [5.41, 5.74) is 1.06. The van der Waals surface area contributed by atoms with Crippen molar-refractivity contribution in [1.82, 2.24) is 0 Å². The van der Waals surface area contributed by atoms with Crippen molar-refractivity contribution in [3.8, 4) is 0 Å². The third kappa shape index (κ3) is 3.44. The molecule has 2 radical (unpaired) electrons. The molecule has 0 spiro atoms. The van der Waals surface area contributed by atoms with Gasteiger partial charge in [0, 0.05) is 4.90 Å². The molecule has 0 bridgehead atoms. The van der Waals surface area contributed by atoms with Gasteiger partial charge in [-0.25, -0.2) is 0 Å². The van der Waals surface area contributed by atoms with Crippen molar-refractivity contribution >= 4 is 38.4 Å². The van der Waals surface area contributed by atoms with Gasteiger partial charge in [0.2, 0.25) is 0 Å². The summed E-state index contributed by atoms with van der Waals surface area (Å²) in [5, 5.41) is 0. The molecule has 60 valence electrons. The van der Waals surface area contributed by atoms with Crippen LogP contribution in [0.4, 0.5) is 0 Å². The molecule has 1 unspecified atom stereocenters. The first-order valence-corrected chi connectivity index (χ1v) is 3.93. The normalized spacial score (nSPS) is 11.8. The molecule has 0 saturated carbocycles. The minimum absolute atomic E-state index is 0. The summed E-state index contributed by atoms with van der Waals surface area (Å²) in [6.07, 6.45) is 0. The van der Waals surface area contributed by atoms with Crippen LogP contribution in [0, 0.1) is 6.92 Å². The Bertz CT molecular complexity index is 245. The van der Waals surface area contributed by atoms with Gasteiger partial charge in [-0.3, -0.25) is 4.21 Å². The Balaban J connectivity index is 0.000001000. The Hall–Kier alpha value is 0.252. The molecule has 0 aromatic heterocycles. The van der Waals surface area contributed by atoms with Crippen molar-refractivity contribution < 1.29 is 8.76 Å². The summed E-state index contributed by atoms with van der Waals surface area (Å²) >= 11 is -2.09. The summed E-state index contributed by atoms with van der Waals surface area (Å²) in [4.78, 5) is 0.339. The van der Waals surface area contributed by atoms with E-state index < -0.39 is 11.1 Å². The van der Waals surface area contributed by atoms with Gasteiger partial charge >= 0.3 is 27.3 Å². The van der Waals surface area contributed by atoms with Crippen molar-refractivity contribution in [2.75, 3.05) is 0 Å². The second-order valence-electron chi connectivity index (χ2n) is 2.05. The van der Waals surface area contributed by atoms with E-state index in [1.165, 1.54) is 0 Å². The predicted octanol–water partition coefficient (Wildman–Crippen LogP) is 0.317. The monoisotopic (exact) mass is 365 g/mol. The maximum atomic E-state index is 10.3. The molecule has 1 aromatic rings. The van der Waals surface area contributed by atoms with E-state index in [2.05, 4.69) is 0 Å². The fourth-order valence-corrected chi connectivity index (χ4v) is 1.01. The van der Waals surface area contributed by atoms with Crippen molar-refractivity contribution in [2.24, 2.45) is 0 Å². The first kappa shape index (κ1) is 11.3. The van der Waals surface area contributed by atoms with Crippen molar-refractivity contribution in [3.05, 3.63) is 29.8 Å². The molecule has 2 nitrogen and oxygen atoms in total. The van der Waals surface area contributed by atoms with Crippen molar-refractivity contribution in [1.29, 1.82) is 0 Å². The predicted molar refractivity (Wildman–Crippen MR) is 46.9 cm³/mol. The quantitative estimate of drug-likeness (QED) is 0.532. The van der Waals surface area contributed by atoms with Crippen LogP contribution in [0.5, 0.6) is 0 Å². The molecular weight excluding hydrogens is 355 g/mol. The molecule has 0 fully saturated rings. The third-order valence-corrected chi connectivity index (χ3v) is 1.87. The Morgan fingerprint density at radius 2 is 1.73 bits per heavy atom. The zero-order valence-electron chi connectivity index (χ0n) is 6.24. The summed E-state index contributed by atoms with van der Waals surface area (Å²) in [7, 11) is 0. The molecule has 0 N–H and O–H groups in total. The summed E-state index contributed by atoms with van der Waals surface area (Å²) < 4.78 is 20.6. The summed E-state index contributed by atoms with van der Waals surface area (Å²) in [6, 6.07) is 6.70. The average molecular weight is 364 g/mol. The number of hydrogen-bond acceptors (Lipinski definition) is 2. The van der Waals surface area contributed by atoms with Crippen LogP contribution < -0.4 is 0 Å². The fourth-order valence-electron chi connectivity index (χ4n) is 0.649. The van der Waals surface area contributed by atoms with Gasteiger partial charge in [0.15, 0.2) is 0 Å². The second kappa shape index (κ2) is 5.00. The van der Waals surface area contributed by atoms with Gasteiger partial charge in [0.05, 0.1) is 0 Å². The molecule has 0 amide bonds. The van der Waals surface area contributed by atoms with E-state index in [0.29, 0.717) is 4.90 Å². The van der Waals surface area contributed by atoms with E-state index in [0.717, 1.165) is 5.56 Å². The molecule has 1 rings (SSSR count). The molecule has 0 saturated heterocycles. The van der Waals surface area contributed by atoms with Gasteiger partial charge in [-0.05, 0) is 30.1 Å². The first-order valence-electron chi connectivity index (χ1n) is 2.86. The molecule has 11 heavy (non-hydrogen) atoms. The van der Waals surface area contributed by atoms with E-state index in [4.69, 9.17) is 0 Å². The topological polar surface area (TPSA) is 40.1 Å². The number of benzene rings is 1. The fraction of sp³-hybridized carbons (Fsp3) is 0.143. The SMILES string of the molecule is Cc1ccc(S(=O)[O-])cc1.[PbH2]. The number of hydrogen-bond donors (Lipinski definition) is 0. The van der Waals surface area contributed by atoms with E-state index in [1.54, 1.807) is 24.3 Å².